The number of nitrogens with one attached hydrogen (secondary N) is 1. The summed E-state index contributed by atoms with van der Waals surface area (Å²) < 4.78 is 20.1. The molecule has 4 rings (SSSR count). The first kappa shape index (κ1) is 17.0. The highest BCUT2D eigenvalue weighted by Crippen LogP contribution is 2.35. The van der Waals surface area contributed by atoms with Gasteiger partial charge in [-0.3, -0.25) is 4.79 Å². The standard InChI is InChI=1S/C19H23FN4O2/c20-15-4-1-8-22-17(15)23-10-11-26-14-19(12-23)6-3-9-24(13-19)18(25)16-5-2-7-21-16/h1-2,4-5,7-8,21H,3,6,9-14H2. The Morgan fingerprint density at radius 2 is 2.19 bits per heavy atom. The fourth-order valence-corrected chi connectivity index (χ4v) is 4.05. The molecule has 0 bridgehead atoms. The minimum absolute atomic E-state index is 0.00823. The van der Waals surface area contributed by atoms with Crippen molar-refractivity contribution in [2.45, 2.75) is 12.8 Å². The third-order valence-electron chi connectivity index (χ3n) is 5.26. The average Bonchev–Trinajstić information content (AvgIpc) is 3.12. The molecule has 4 heterocycles. The van der Waals surface area contributed by atoms with Gasteiger partial charge in [-0.2, -0.15) is 0 Å². The van der Waals surface area contributed by atoms with Crippen LogP contribution in [0.2, 0.25) is 0 Å². The molecule has 2 aliphatic rings. The zero-order valence-corrected chi connectivity index (χ0v) is 14.7. The third kappa shape index (κ3) is 3.31. The number of rotatable bonds is 2. The maximum absolute atomic E-state index is 14.2. The van der Waals surface area contributed by atoms with Crippen LogP contribution in [0.3, 0.4) is 0 Å². The van der Waals surface area contributed by atoms with Crippen molar-refractivity contribution in [3.8, 4) is 0 Å². The summed E-state index contributed by atoms with van der Waals surface area (Å²) >= 11 is 0. The van der Waals surface area contributed by atoms with Crippen LogP contribution >= 0.6 is 0 Å². The van der Waals surface area contributed by atoms with E-state index in [1.807, 2.05) is 15.9 Å². The summed E-state index contributed by atoms with van der Waals surface area (Å²) in [6, 6.07) is 6.65. The molecule has 2 saturated heterocycles. The van der Waals surface area contributed by atoms with Gasteiger partial charge in [0.15, 0.2) is 11.6 Å². The summed E-state index contributed by atoms with van der Waals surface area (Å²) in [5, 5.41) is 0. The van der Waals surface area contributed by atoms with Crippen LogP contribution in [0.25, 0.3) is 0 Å². The second kappa shape index (κ2) is 7.07. The molecule has 2 aliphatic heterocycles. The molecule has 1 spiro atoms. The van der Waals surface area contributed by atoms with Crippen molar-refractivity contribution in [3.05, 3.63) is 48.2 Å². The summed E-state index contributed by atoms with van der Waals surface area (Å²) in [5.74, 6) is 0.0544. The molecule has 0 aromatic carbocycles. The van der Waals surface area contributed by atoms with Crippen LogP contribution in [0, 0.1) is 11.2 Å². The highest BCUT2D eigenvalue weighted by atomic mass is 19.1. The molecule has 2 aromatic heterocycles. The molecule has 7 heteroatoms. The van der Waals surface area contributed by atoms with Crippen molar-refractivity contribution in [1.82, 2.24) is 14.9 Å². The highest BCUT2D eigenvalue weighted by molar-refractivity contribution is 5.92. The SMILES string of the molecule is O=C(c1ccc[nH]1)N1CCCC2(COCCN(c3ncccc3F)C2)C1. The van der Waals surface area contributed by atoms with E-state index < -0.39 is 0 Å². The quantitative estimate of drug-likeness (QED) is 0.895. The smallest absolute Gasteiger partial charge is 0.270 e. The Labute approximate surface area is 152 Å². The van der Waals surface area contributed by atoms with Crippen molar-refractivity contribution < 1.29 is 13.9 Å². The second-order valence-electron chi connectivity index (χ2n) is 7.20. The van der Waals surface area contributed by atoms with Crippen molar-refractivity contribution in [1.29, 1.82) is 0 Å². The summed E-state index contributed by atoms with van der Waals surface area (Å²) in [6.45, 7) is 3.68. The first-order valence-electron chi connectivity index (χ1n) is 9.03. The third-order valence-corrected chi connectivity index (χ3v) is 5.26. The van der Waals surface area contributed by atoms with E-state index in [9.17, 15) is 9.18 Å². The number of nitrogens with zero attached hydrogens (tertiary/aromatic N) is 3. The molecule has 6 nitrogen and oxygen atoms in total. The fraction of sp³-hybridized carbons (Fsp3) is 0.474. The number of hydrogen-bond donors (Lipinski definition) is 1. The molecule has 26 heavy (non-hydrogen) atoms. The normalized spacial score (nSPS) is 23.9. The molecule has 138 valence electrons. The van der Waals surface area contributed by atoms with E-state index in [1.54, 1.807) is 24.5 Å². The van der Waals surface area contributed by atoms with Gasteiger partial charge in [-0.25, -0.2) is 9.37 Å². The monoisotopic (exact) mass is 358 g/mol. The molecule has 0 radical (unpaired) electrons. The van der Waals surface area contributed by atoms with Gasteiger partial charge < -0.3 is 19.5 Å². The van der Waals surface area contributed by atoms with Crippen molar-refractivity contribution in [2.24, 2.45) is 5.41 Å². The molecule has 2 aromatic rings. The summed E-state index contributed by atoms with van der Waals surface area (Å²) in [4.78, 5) is 23.8. The Morgan fingerprint density at radius 1 is 1.27 bits per heavy atom. The lowest BCUT2D eigenvalue weighted by molar-refractivity contribution is 0.0133. The predicted molar refractivity (Wildman–Crippen MR) is 95.6 cm³/mol. The minimum atomic E-state index is -0.320. The zero-order valence-electron chi connectivity index (χ0n) is 14.7. The Hall–Kier alpha value is -2.41. The number of piperidine rings is 1. The van der Waals surface area contributed by atoms with Crippen LogP contribution < -0.4 is 4.90 Å². The molecule has 2 fully saturated rings. The first-order chi connectivity index (χ1) is 12.7. The van der Waals surface area contributed by atoms with E-state index in [1.165, 1.54) is 6.07 Å². The molecule has 1 unspecified atom stereocenters. The number of H-pyrrole nitrogens is 1. The van der Waals surface area contributed by atoms with Crippen LogP contribution in [0.4, 0.5) is 10.2 Å². The van der Waals surface area contributed by atoms with Gasteiger partial charge in [-0.1, -0.05) is 0 Å². The largest absolute Gasteiger partial charge is 0.379 e. The Morgan fingerprint density at radius 3 is 3.00 bits per heavy atom. The van der Waals surface area contributed by atoms with Gasteiger partial charge in [0.05, 0.1) is 13.2 Å². The number of hydrogen-bond acceptors (Lipinski definition) is 4. The minimum Gasteiger partial charge on any atom is -0.379 e. The lowest BCUT2D eigenvalue weighted by Crippen LogP contribution is -2.52. The van der Waals surface area contributed by atoms with Crippen LogP contribution in [-0.4, -0.2) is 60.2 Å². The van der Waals surface area contributed by atoms with E-state index >= 15 is 0 Å². The molecule has 1 N–H and O–H groups in total. The number of aromatic amines is 1. The number of amides is 1. The molecule has 1 atom stereocenters. The number of likely N-dealkylation sites (tertiary alicyclic amines) is 1. The number of halogens is 1. The van der Waals surface area contributed by atoms with Crippen LogP contribution in [-0.2, 0) is 4.74 Å². The Kier molecular flexibility index (Phi) is 4.63. The number of ether oxygens (including phenoxy) is 1. The molecule has 0 aliphatic carbocycles. The van der Waals surface area contributed by atoms with Crippen molar-refractivity contribution in [3.63, 3.8) is 0 Å². The van der Waals surface area contributed by atoms with Gasteiger partial charge in [0.2, 0.25) is 0 Å². The topological polar surface area (TPSA) is 61.5 Å². The first-order valence-corrected chi connectivity index (χ1v) is 9.03. The number of carbonyl (C=O) groups excluding carboxylic acids is 1. The van der Waals surface area contributed by atoms with E-state index in [4.69, 9.17) is 4.74 Å². The van der Waals surface area contributed by atoms with Gasteiger partial charge in [0.1, 0.15) is 5.69 Å². The van der Waals surface area contributed by atoms with Crippen LogP contribution in [0.15, 0.2) is 36.7 Å². The van der Waals surface area contributed by atoms with E-state index in [-0.39, 0.29) is 17.1 Å². The highest BCUT2D eigenvalue weighted by Gasteiger charge is 2.41. The van der Waals surface area contributed by atoms with Crippen LogP contribution in [0.1, 0.15) is 23.3 Å². The van der Waals surface area contributed by atoms with E-state index in [2.05, 4.69) is 9.97 Å². The van der Waals surface area contributed by atoms with Crippen LogP contribution in [0.5, 0.6) is 0 Å². The number of pyridine rings is 1. The predicted octanol–water partition coefficient (Wildman–Crippen LogP) is 2.31. The number of aromatic nitrogens is 2. The molecule has 1 amide bonds. The van der Waals surface area contributed by atoms with Crippen molar-refractivity contribution in [2.75, 3.05) is 44.3 Å². The maximum atomic E-state index is 14.2. The van der Waals surface area contributed by atoms with Gasteiger partial charge in [0.25, 0.3) is 5.91 Å². The van der Waals surface area contributed by atoms with Gasteiger partial charge in [-0.05, 0) is 37.1 Å². The summed E-state index contributed by atoms with van der Waals surface area (Å²) in [7, 11) is 0. The van der Waals surface area contributed by atoms with Crippen molar-refractivity contribution >= 4 is 11.7 Å². The Balaban J connectivity index is 1.56. The second-order valence-corrected chi connectivity index (χ2v) is 7.20. The number of carbonyl (C=O) groups is 1. The average molecular weight is 358 g/mol. The molecular formula is C19H23FN4O2. The lowest BCUT2D eigenvalue weighted by atomic mass is 9.80. The summed E-state index contributed by atoms with van der Waals surface area (Å²) in [5.41, 5.74) is 0.394. The van der Waals surface area contributed by atoms with E-state index in [0.29, 0.717) is 44.4 Å². The molecule has 0 saturated carbocycles. The van der Waals surface area contributed by atoms with Gasteiger partial charge in [-0.15, -0.1) is 0 Å². The zero-order chi connectivity index (χ0) is 18.0. The van der Waals surface area contributed by atoms with E-state index in [0.717, 1.165) is 19.4 Å². The molecular weight excluding hydrogens is 335 g/mol. The Bertz CT molecular complexity index is 767. The lowest BCUT2D eigenvalue weighted by Gasteiger charge is -2.43. The fourth-order valence-electron chi connectivity index (χ4n) is 4.05. The number of anilines is 1. The van der Waals surface area contributed by atoms with Gasteiger partial charge in [0, 0.05) is 44.0 Å². The van der Waals surface area contributed by atoms with Gasteiger partial charge >= 0.3 is 0 Å². The maximum Gasteiger partial charge on any atom is 0.270 e. The summed E-state index contributed by atoms with van der Waals surface area (Å²) in [6.07, 6.45) is 5.23.